The van der Waals surface area contributed by atoms with Gasteiger partial charge in [-0.05, 0) is 48.4 Å². The minimum Gasteiger partial charge on any atom is -0.378 e. The predicted octanol–water partition coefficient (Wildman–Crippen LogP) is 4.20. The Bertz CT molecular complexity index is 769. The van der Waals surface area contributed by atoms with E-state index in [1.165, 1.54) is 29.5 Å². The summed E-state index contributed by atoms with van der Waals surface area (Å²) in [4.78, 5) is 16.9. The Kier molecular flexibility index (Phi) is 6.96. The predicted molar refractivity (Wildman–Crippen MR) is 117 cm³/mol. The van der Waals surface area contributed by atoms with Gasteiger partial charge in [0.1, 0.15) is 0 Å². The van der Waals surface area contributed by atoms with Crippen LogP contribution in [-0.4, -0.2) is 55.1 Å². The van der Waals surface area contributed by atoms with Crippen LogP contribution >= 0.6 is 0 Å². The van der Waals surface area contributed by atoms with Crippen molar-refractivity contribution in [2.24, 2.45) is 5.92 Å². The summed E-state index contributed by atoms with van der Waals surface area (Å²) in [5.74, 6) is 0.944. The summed E-state index contributed by atoms with van der Waals surface area (Å²) in [6.07, 6.45) is 4.18. The molecular weight excluding hydrogens is 360 g/mol. The Balaban J connectivity index is 1.26. The molecule has 1 amide bonds. The molecule has 2 aromatic rings. The van der Waals surface area contributed by atoms with Crippen LogP contribution in [-0.2, 0) is 16.1 Å². The van der Waals surface area contributed by atoms with E-state index in [9.17, 15) is 4.79 Å². The highest BCUT2D eigenvalue weighted by atomic mass is 16.5. The number of carbonyl (C=O) groups excluding carboxylic acids is 1. The first-order valence-electron chi connectivity index (χ1n) is 11.0. The standard InChI is InChI=1S/C25H32N2O2/c28-25(27-15-17-29-18-16-27)13-10-21-5-4-14-26(19-21)20-22-8-11-24(12-9-22)23-6-2-1-3-7-23/h1-3,6-9,11-12,21H,4-5,10,13-20H2. The minimum absolute atomic E-state index is 0.307. The molecule has 2 fully saturated rings. The van der Waals surface area contributed by atoms with Crippen LogP contribution in [0.15, 0.2) is 54.6 Å². The molecule has 29 heavy (non-hydrogen) atoms. The van der Waals surface area contributed by atoms with E-state index in [1.54, 1.807) is 0 Å². The topological polar surface area (TPSA) is 32.8 Å². The first kappa shape index (κ1) is 20.1. The Hall–Kier alpha value is -2.17. The summed E-state index contributed by atoms with van der Waals surface area (Å²) >= 11 is 0. The van der Waals surface area contributed by atoms with Crippen LogP contribution < -0.4 is 0 Å². The second-order valence-electron chi connectivity index (χ2n) is 8.34. The summed E-state index contributed by atoms with van der Waals surface area (Å²) < 4.78 is 5.35. The molecule has 0 N–H and O–H groups in total. The van der Waals surface area contributed by atoms with Gasteiger partial charge >= 0.3 is 0 Å². The number of ether oxygens (including phenoxy) is 1. The molecule has 0 bridgehead atoms. The molecule has 0 aliphatic carbocycles. The molecule has 1 atom stereocenters. The van der Waals surface area contributed by atoms with E-state index < -0.39 is 0 Å². The summed E-state index contributed by atoms with van der Waals surface area (Å²) in [6, 6.07) is 19.5. The van der Waals surface area contributed by atoms with Crippen molar-refractivity contribution in [2.75, 3.05) is 39.4 Å². The Morgan fingerprint density at radius 2 is 1.66 bits per heavy atom. The van der Waals surface area contributed by atoms with E-state index in [-0.39, 0.29) is 0 Å². The van der Waals surface area contributed by atoms with Crippen LogP contribution in [0, 0.1) is 5.92 Å². The molecule has 4 nitrogen and oxygen atoms in total. The van der Waals surface area contributed by atoms with Crippen molar-refractivity contribution in [1.82, 2.24) is 9.80 Å². The van der Waals surface area contributed by atoms with Crippen molar-refractivity contribution in [2.45, 2.75) is 32.2 Å². The number of amides is 1. The van der Waals surface area contributed by atoms with Gasteiger partial charge in [-0.2, -0.15) is 0 Å². The zero-order chi connectivity index (χ0) is 19.9. The molecule has 0 aromatic heterocycles. The van der Waals surface area contributed by atoms with Gasteiger partial charge in [0.25, 0.3) is 0 Å². The number of likely N-dealkylation sites (tertiary alicyclic amines) is 1. The van der Waals surface area contributed by atoms with E-state index in [0.29, 0.717) is 31.5 Å². The largest absolute Gasteiger partial charge is 0.378 e. The van der Waals surface area contributed by atoms with Gasteiger partial charge in [-0.15, -0.1) is 0 Å². The number of piperidine rings is 1. The molecule has 0 saturated carbocycles. The molecule has 1 unspecified atom stereocenters. The van der Waals surface area contributed by atoms with E-state index in [0.717, 1.165) is 39.1 Å². The highest BCUT2D eigenvalue weighted by Gasteiger charge is 2.23. The second kappa shape index (κ2) is 10.0. The van der Waals surface area contributed by atoms with Crippen LogP contribution in [0.25, 0.3) is 11.1 Å². The van der Waals surface area contributed by atoms with Crippen LogP contribution in [0.5, 0.6) is 0 Å². The Morgan fingerprint density at radius 1 is 0.931 bits per heavy atom. The molecule has 0 spiro atoms. The zero-order valence-corrected chi connectivity index (χ0v) is 17.3. The maximum atomic E-state index is 12.4. The number of rotatable bonds is 6. The molecule has 4 heteroatoms. The summed E-state index contributed by atoms with van der Waals surface area (Å²) in [6.45, 7) is 6.16. The van der Waals surface area contributed by atoms with E-state index in [2.05, 4.69) is 59.5 Å². The lowest BCUT2D eigenvalue weighted by atomic mass is 9.92. The first-order chi connectivity index (χ1) is 14.3. The fourth-order valence-corrected chi connectivity index (χ4v) is 4.52. The molecule has 2 aliphatic heterocycles. The van der Waals surface area contributed by atoms with Crippen molar-refractivity contribution in [1.29, 1.82) is 0 Å². The van der Waals surface area contributed by atoms with Crippen molar-refractivity contribution in [3.8, 4) is 11.1 Å². The van der Waals surface area contributed by atoms with Crippen LogP contribution in [0.4, 0.5) is 0 Å². The highest BCUT2D eigenvalue weighted by Crippen LogP contribution is 2.24. The van der Waals surface area contributed by atoms with Crippen molar-refractivity contribution in [3.63, 3.8) is 0 Å². The number of morpholine rings is 1. The lowest BCUT2D eigenvalue weighted by Gasteiger charge is -2.33. The van der Waals surface area contributed by atoms with E-state index >= 15 is 0 Å². The van der Waals surface area contributed by atoms with Gasteiger partial charge in [-0.3, -0.25) is 9.69 Å². The van der Waals surface area contributed by atoms with Crippen LogP contribution in [0.2, 0.25) is 0 Å². The molecule has 4 rings (SSSR count). The fraction of sp³-hybridized carbons (Fsp3) is 0.480. The van der Waals surface area contributed by atoms with Crippen molar-refractivity contribution >= 4 is 5.91 Å². The molecule has 2 saturated heterocycles. The summed E-state index contributed by atoms with van der Waals surface area (Å²) in [5.41, 5.74) is 3.91. The number of carbonyl (C=O) groups is 1. The van der Waals surface area contributed by atoms with E-state index in [1.807, 2.05) is 4.90 Å². The smallest absolute Gasteiger partial charge is 0.222 e. The van der Waals surface area contributed by atoms with Gasteiger partial charge in [0.05, 0.1) is 13.2 Å². The third kappa shape index (κ3) is 5.68. The average Bonchev–Trinajstić information content (AvgIpc) is 2.79. The maximum absolute atomic E-state index is 12.4. The molecular formula is C25H32N2O2. The maximum Gasteiger partial charge on any atom is 0.222 e. The normalized spacial score (nSPS) is 20.6. The molecule has 2 aliphatic rings. The van der Waals surface area contributed by atoms with Gasteiger partial charge in [0.2, 0.25) is 5.91 Å². The van der Waals surface area contributed by atoms with Gasteiger partial charge < -0.3 is 9.64 Å². The lowest BCUT2D eigenvalue weighted by Crippen LogP contribution is -2.41. The van der Waals surface area contributed by atoms with Gasteiger partial charge in [-0.1, -0.05) is 54.6 Å². The van der Waals surface area contributed by atoms with Crippen molar-refractivity contribution < 1.29 is 9.53 Å². The molecule has 2 heterocycles. The van der Waals surface area contributed by atoms with Gasteiger partial charge in [0.15, 0.2) is 0 Å². The van der Waals surface area contributed by atoms with Crippen molar-refractivity contribution in [3.05, 3.63) is 60.2 Å². The third-order valence-electron chi connectivity index (χ3n) is 6.20. The number of benzene rings is 2. The molecule has 0 radical (unpaired) electrons. The molecule has 2 aromatic carbocycles. The first-order valence-corrected chi connectivity index (χ1v) is 11.0. The summed E-state index contributed by atoms with van der Waals surface area (Å²) in [5, 5.41) is 0. The average molecular weight is 393 g/mol. The van der Waals surface area contributed by atoms with Crippen LogP contribution in [0.3, 0.4) is 0 Å². The van der Waals surface area contributed by atoms with Gasteiger partial charge in [-0.25, -0.2) is 0 Å². The van der Waals surface area contributed by atoms with Crippen LogP contribution in [0.1, 0.15) is 31.2 Å². The Morgan fingerprint density at radius 3 is 2.41 bits per heavy atom. The zero-order valence-electron chi connectivity index (χ0n) is 17.3. The SMILES string of the molecule is O=C(CCC1CCCN(Cc2ccc(-c3ccccc3)cc2)C1)N1CCOCC1. The Labute approximate surface area is 174 Å². The van der Waals surface area contributed by atoms with E-state index in [4.69, 9.17) is 4.74 Å². The number of nitrogens with zero attached hydrogens (tertiary/aromatic N) is 2. The fourth-order valence-electron chi connectivity index (χ4n) is 4.52. The highest BCUT2D eigenvalue weighted by molar-refractivity contribution is 5.76. The number of hydrogen-bond acceptors (Lipinski definition) is 3. The third-order valence-corrected chi connectivity index (χ3v) is 6.20. The van der Waals surface area contributed by atoms with Gasteiger partial charge in [0, 0.05) is 32.6 Å². The minimum atomic E-state index is 0.307. The quantitative estimate of drug-likeness (QED) is 0.738. The summed E-state index contributed by atoms with van der Waals surface area (Å²) in [7, 11) is 0. The second-order valence-corrected chi connectivity index (χ2v) is 8.34. The number of hydrogen-bond donors (Lipinski definition) is 0. The monoisotopic (exact) mass is 392 g/mol. The molecule has 154 valence electrons. The lowest BCUT2D eigenvalue weighted by molar-refractivity contribution is -0.135.